The van der Waals surface area contributed by atoms with Gasteiger partial charge in [0.1, 0.15) is 0 Å². The molecule has 0 aliphatic rings. The van der Waals surface area contributed by atoms with Gasteiger partial charge in [-0.1, -0.05) is 0 Å². The van der Waals surface area contributed by atoms with Crippen molar-refractivity contribution in [1.29, 1.82) is 0 Å². The number of carbonyl (C=O) groups excluding carboxylic acids is 1. The molecule has 158 valence electrons. The van der Waals surface area contributed by atoms with Crippen LogP contribution in [0.2, 0.25) is 0 Å². The van der Waals surface area contributed by atoms with Gasteiger partial charge in [0.15, 0.2) is 5.65 Å². The quantitative estimate of drug-likeness (QED) is 0.519. The van der Waals surface area contributed by atoms with Crippen LogP contribution in [0.25, 0.3) is 22.3 Å². The summed E-state index contributed by atoms with van der Waals surface area (Å²) in [7, 11) is 0. The second kappa shape index (κ2) is 8.14. The topological polar surface area (TPSA) is 106 Å². The zero-order valence-corrected chi connectivity index (χ0v) is 17.9. The zero-order valence-electron chi connectivity index (χ0n) is 17.9. The maximum absolute atomic E-state index is 13.2. The molecule has 0 radical (unpaired) electrons. The van der Waals surface area contributed by atoms with E-state index in [9.17, 15) is 9.59 Å². The summed E-state index contributed by atoms with van der Waals surface area (Å²) in [6, 6.07) is 7.43. The number of pyridine rings is 3. The number of H-pyrrole nitrogens is 1. The van der Waals surface area contributed by atoms with Crippen LogP contribution in [0.3, 0.4) is 0 Å². The van der Waals surface area contributed by atoms with Gasteiger partial charge in [-0.15, -0.1) is 0 Å². The van der Waals surface area contributed by atoms with Gasteiger partial charge < -0.3 is 10.3 Å². The lowest BCUT2D eigenvalue weighted by atomic mass is 10.1. The number of aryl methyl sites for hydroxylation is 2. The molecule has 2 N–H and O–H groups in total. The minimum Gasteiger partial charge on any atom is -0.348 e. The number of hydrogen-bond acceptors (Lipinski definition) is 5. The predicted octanol–water partition coefficient (Wildman–Crippen LogP) is 3.31. The highest BCUT2D eigenvalue weighted by Gasteiger charge is 2.19. The molecule has 0 fully saturated rings. The van der Waals surface area contributed by atoms with Crippen LogP contribution in [-0.4, -0.2) is 30.6 Å². The van der Waals surface area contributed by atoms with Gasteiger partial charge in [-0.25, -0.2) is 9.67 Å². The van der Waals surface area contributed by atoms with Crippen LogP contribution in [0, 0.1) is 13.8 Å². The molecule has 0 aliphatic carbocycles. The van der Waals surface area contributed by atoms with Gasteiger partial charge in [0.2, 0.25) is 0 Å². The fourth-order valence-corrected chi connectivity index (χ4v) is 3.62. The molecule has 0 atom stereocenters. The first-order chi connectivity index (χ1) is 14.8. The molecule has 0 aliphatic heterocycles. The zero-order chi connectivity index (χ0) is 22.1. The highest BCUT2D eigenvalue weighted by molar-refractivity contribution is 6.06. The summed E-state index contributed by atoms with van der Waals surface area (Å²) in [5.41, 5.74) is 4.59. The molecule has 0 bridgehead atoms. The molecule has 0 aromatic carbocycles. The van der Waals surface area contributed by atoms with Crippen molar-refractivity contribution in [1.82, 2.24) is 30.0 Å². The van der Waals surface area contributed by atoms with Crippen LogP contribution < -0.4 is 10.9 Å². The number of nitrogens with one attached hydrogen (secondary N) is 2. The van der Waals surface area contributed by atoms with E-state index in [1.165, 1.54) is 0 Å². The van der Waals surface area contributed by atoms with E-state index < -0.39 is 0 Å². The number of aromatic nitrogens is 5. The van der Waals surface area contributed by atoms with E-state index in [-0.39, 0.29) is 24.1 Å². The van der Waals surface area contributed by atoms with Gasteiger partial charge in [-0.3, -0.25) is 14.6 Å². The van der Waals surface area contributed by atoms with Crippen LogP contribution in [0.15, 0.2) is 47.7 Å². The number of carbonyl (C=O) groups is 1. The fraction of sp³-hybridized carbons (Fsp3) is 0.261. The number of nitrogens with zero attached hydrogens (tertiary/aromatic N) is 4. The van der Waals surface area contributed by atoms with E-state index >= 15 is 0 Å². The maximum Gasteiger partial charge on any atom is 0.253 e. The maximum atomic E-state index is 13.2. The van der Waals surface area contributed by atoms with Crippen molar-refractivity contribution in [2.24, 2.45) is 0 Å². The first-order valence-corrected chi connectivity index (χ1v) is 10.1. The monoisotopic (exact) mass is 416 g/mol. The Morgan fingerprint density at radius 3 is 2.61 bits per heavy atom. The summed E-state index contributed by atoms with van der Waals surface area (Å²) in [6.07, 6.45) is 5.04. The molecule has 8 heteroatoms. The molecule has 4 heterocycles. The molecule has 0 spiro atoms. The molecule has 8 nitrogen and oxygen atoms in total. The Hall–Kier alpha value is -3.81. The smallest absolute Gasteiger partial charge is 0.253 e. The Morgan fingerprint density at radius 1 is 1.19 bits per heavy atom. The third kappa shape index (κ3) is 3.96. The van der Waals surface area contributed by atoms with E-state index in [1.54, 1.807) is 29.3 Å². The van der Waals surface area contributed by atoms with Gasteiger partial charge in [0, 0.05) is 41.8 Å². The summed E-state index contributed by atoms with van der Waals surface area (Å²) in [5, 5.41) is 7.99. The third-order valence-corrected chi connectivity index (χ3v) is 5.20. The van der Waals surface area contributed by atoms with Gasteiger partial charge in [0.05, 0.1) is 22.8 Å². The van der Waals surface area contributed by atoms with Crippen molar-refractivity contribution >= 4 is 16.9 Å². The number of rotatable bonds is 5. The standard InChI is InChI=1S/C23H24N6O2/c1-13(2)29-21-19(12-26-29)17(10-20(28-21)16-5-7-24-8-6-16)22(30)25-11-18-14(3)9-15(4)27-23(18)31/h5-10,12-13H,11H2,1-4H3,(H,25,30)(H,27,31). The summed E-state index contributed by atoms with van der Waals surface area (Å²) >= 11 is 0. The van der Waals surface area contributed by atoms with Gasteiger partial charge >= 0.3 is 0 Å². The number of hydrogen-bond donors (Lipinski definition) is 2. The van der Waals surface area contributed by atoms with E-state index in [0.29, 0.717) is 27.9 Å². The molecular weight excluding hydrogens is 392 g/mol. The lowest BCUT2D eigenvalue weighted by Crippen LogP contribution is -2.28. The largest absolute Gasteiger partial charge is 0.348 e. The molecule has 1 amide bonds. The number of aromatic amines is 1. The Labute approximate surface area is 179 Å². The van der Waals surface area contributed by atoms with Crippen molar-refractivity contribution < 1.29 is 4.79 Å². The fourth-order valence-electron chi connectivity index (χ4n) is 3.62. The lowest BCUT2D eigenvalue weighted by molar-refractivity contribution is 0.0952. The highest BCUT2D eigenvalue weighted by atomic mass is 16.1. The average molecular weight is 416 g/mol. The second-order valence-electron chi connectivity index (χ2n) is 7.84. The van der Waals surface area contributed by atoms with Crippen LogP contribution in [0.5, 0.6) is 0 Å². The first kappa shape index (κ1) is 20.5. The van der Waals surface area contributed by atoms with Crippen LogP contribution in [0.1, 0.15) is 47.1 Å². The lowest BCUT2D eigenvalue weighted by Gasteiger charge is -2.12. The molecule has 4 rings (SSSR count). The Morgan fingerprint density at radius 2 is 1.94 bits per heavy atom. The van der Waals surface area contributed by atoms with E-state index in [1.807, 2.05) is 45.9 Å². The molecule has 31 heavy (non-hydrogen) atoms. The van der Waals surface area contributed by atoms with Crippen molar-refractivity contribution in [3.63, 3.8) is 0 Å². The van der Waals surface area contributed by atoms with Crippen LogP contribution >= 0.6 is 0 Å². The molecule has 0 saturated carbocycles. The SMILES string of the molecule is Cc1cc(C)c(CNC(=O)c2cc(-c3ccncc3)nc3c2cnn3C(C)C)c(=O)[nH]1. The molecular formula is C23H24N6O2. The first-order valence-electron chi connectivity index (χ1n) is 10.1. The molecule has 0 unspecified atom stereocenters. The van der Waals surface area contributed by atoms with Crippen LogP contribution in [0.4, 0.5) is 0 Å². The van der Waals surface area contributed by atoms with Crippen molar-refractivity contribution in [3.8, 4) is 11.3 Å². The van der Waals surface area contributed by atoms with Gasteiger partial charge in [-0.2, -0.15) is 5.10 Å². The summed E-state index contributed by atoms with van der Waals surface area (Å²) in [6.45, 7) is 7.85. The van der Waals surface area contributed by atoms with E-state index in [4.69, 9.17) is 4.98 Å². The summed E-state index contributed by atoms with van der Waals surface area (Å²) in [4.78, 5) is 37.1. The molecule has 4 aromatic rings. The van der Waals surface area contributed by atoms with E-state index in [0.717, 1.165) is 16.8 Å². The van der Waals surface area contributed by atoms with Gasteiger partial charge in [0.25, 0.3) is 11.5 Å². The average Bonchev–Trinajstić information content (AvgIpc) is 3.17. The Balaban J connectivity index is 1.75. The minimum absolute atomic E-state index is 0.0855. The van der Waals surface area contributed by atoms with Gasteiger partial charge in [-0.05, 0) is 57.5 Å². The van der Waals surface area contributed by atoms with E-state index in [2.05, 4.69) is 20.4 Å². The third-order valence-electron chi connectivity index (χ3n) is 5.20. The van der Waals surface area contributed by atoms with Crippen molar-refractivity contribution in [3.05, 3.63) is 75.6 Å². The molecule has 0 saturated heterocycles. The second-order valence-corrected chi connectivity index (χ2v) is 7.84. The van der Waals surface area contributed by atoms with Crippen molar-refractivity contribution in [2.45, 2.75) is 40.3 Å². The van der Waals surface area contributed by atoms with Crippen molar-refractivity contribution in [2.75, 3.05) is 0 Å². The minimum atomic E-state index is -0.287. The molecule has 4 aromatic heterocycles. The predicted molar refractivity (Wildman–Crippen MR) is 119 cm³/mol. The highest BCUT2D eigenvalue weighted by Crippen LogP contribution is 2.26. The number of amides is 1. The Kier molecular flexibility index (Phi) is 5.37. The Bertz CT molecular complexity index is 1320. The number of fused-ring (bicyclic) bond motifs is 1. The normalized spacial score (nSPS) is 11.3. The summed E-state index contributed by atoms with van der Waals surface area (Å²) < 4.78 is 1.80. The van der Waals surface area contributed by atoms with Crippen LogP contribution in [-0.2, 0) is 6.54 Å². The summed E-state index contributed by atoms with van der Waals surface area (Å²) in [5.74, 6) is -0.287.